The summed E-state index contributed by atoms with van der Waals surface area (Å²) in [4.78, 5) is 3.22. The number of hydrogen-bond donors (Lipinski definition) is 1. The Kier molecular flexibility index (Phi) is 13.2. The van der Waals surface area contributed by atoms with E-state index in [2.05, 4.69) is 4.85 Å². The fraction of sp³-hybridized carbons (Fsp3) is 0.409. The lowest BCUT2D eigenvalue weighted by atomic mass is 10.1. The number of nitrogens with zero attached hydrogens (tertiary/aromatic N) is 1. The first-order valence-corrected chi connectivity index (χ1v) is 9.32. The molecule has 0 unspecified atom stereocenters. The quantitative estimate of drug-likeness (QED) is 0.438. The highest BCUT2D eigenvalue weighted by Crippen LogP contribution is 2.18. The second-order valence-electron chi connectivity index (χ2n) is 6.11. The van der Waals surface area contributed by atoms with E-state index in [0.717, 1.165) is 5.56 Å². The molecule has 0 aliphatic rings. The summed E-state index contributed by atoms with van der Waals surface area (Å²) in [7, 11) is 3.17. The summed E-state index contributed by atoms with van der Waals surface area (Å²) in [5, 5.41) is 0. The Bertz CT molecular complexity index is 797. The van der Waals surface area contributed by atoms with Gasteiger partial charge in [0.05, 0.1) is 46.2 Å². The molecule has 0 radical (unpaired) electrons. The van der Waals surface area contributed by atoms with Crippen LogP contribution in [0.2, 0.25) is 0 Å². The number of nitrogens with two attached hydrogens (primary N) is 1. The number of methoxy groups -OCH3 is 2. The molecule has 0 amide bonds. The Balaban J connectivity index is 0.000000300. The van der Waals surface area contributed by atoms with Crippen molar-refractivity contribution in [3.05, 3.63) is 76.1 Å². The third-order valence-corrected chi connectivity index (χ3v) is 3.88. The topological polar surface area (TPSA) is 67.3 Å². The zero-order valence-electron chi connectivity index (χ0n) is 17.3. The summed E-state index contributed by atoms with van der Waals surface area (Å²) in [6, 6.07) is 9.03. The standard InChI is InChI=1S/C11H12FNO2.C11H16FNO2/c1-13-10-3-4-11(12)9(7-10)8-15-6-5-14-2;1-14-4-5-15-8-10-6-9(7-13)2-3-11(10)12/h3-4,7H,5-6,8H2,2H3;2-3,6H,4-5,7-8,13H2,1H3. The van der Waals surface area contributed by atoms with E-state index in [9.17, 15) is 8.78 Å². The maximum atomic E-state index is 13.3. The largest absolute Gasteiger partial charge is 0.382 e. The molecule has 0 aliphatic carbocycles. The van der Waals surface area contributed by atoms with Gasteiger partial charge in [-0.2, -0.15) is 0 Å². The monoisotopic (exact) mass is 422 g/mol. The second-order valence-corrected chi connectivity index (χ2v) is 6.11. The molecule has 30 heavy (non-hydrogen) atoms. The lowest BCUT2D eigenvalue weighted by Gasteiger charge is -2.06. The average molecular weight is 422 g/mol. The first-order chi connectivity index (χ1) is 14.5. The smallest absolute Gasteiger partial charge is 0.187 e. The zero-order chi connectivity index (χ0) is 22.2. The SMILES string of the molecule is COCCOCc1cc(CN)ccc1F.[C-]#[N+]c1ccc(F)c(COCCOC)c1. The summed E-state index contributed by atoms with van der Waals surface area (Å²) >= 11 is 0. The van der Waals surface area contributed by atoms with Crippen molar-refractivity contribution >= 4 is 5.69 Å². The highest BCUT2D eigenvalue weighted by Gasteiger charge is 2.04. The van der Waals surface area contributed by atoms with E-state index >= 15 is 0 Å². The molecule has 164 valence electrons. The van der Waals surface area contributed by atoms with Gasteiger partial charge < -0.3 is 24.7 Å². The van der Waals surface area contributed by atoms with Crippen molar-refractivity contribution in [2.45, 2.75) is 19.8 Å². The van der Waals surface area contributed by atoms with Crippen LogP contribution in [0.5, 0.6) is 0 Å². The van der Waals surface area contributed by atoms with Crippen molar-refractivity contribution in [2.75, 3.05) is 40.6 Å². The van der Waals surface area contributed by atoms with Gasteiger partial charge in [-0.15, -0.1) is 0 Å². The first kappa shape index (κ1) is 25.6. The second kappa shape index (κ2) is 15.4. The molecule has 0 aromatic heterocycles. The zero-order valence-corrected chi connectivity index (χ0v) is 17.3. The van der Waals surface area contributed by atoms with Gasteiger partial charge >= 0.3 is 0 Å². The molecule has 2 N–H and O–H groups in total. The van der Waals surface area contributed by atoms with E-state index in [1.807, 2.05) is 0 Å². The van der Waals surface area contributed by atoms with Crippen LogP contribution in [-0.4, -0.2) is 40.6 Å². The minimum absolute atomic E-state index is 0.165. The van der Waals surface area contributed by atoms with Gasteiger partial charge in [-0.25, -0.2) is 13.6 Å². The van der Waals surface area contributed by atoms with E-state index in [0.29, 0.717) is 49.8 Å². The summed E-state index contributed by atoms with van der Waals surface area (Å²) in [5.41, 5.74) is 7.72. The molecule has 2 aromatic rings. The average Bonchev–Trinajstić information content (AvgIpc) is 2.77. The van der Waals surface area contributed by atoms with Gasteiger partial charge in [0.1, 0.15) is 11.6 Å². The Labute approximate surface area is 176 Å². The van der Waals surface area contributed by atoms with E-state index in [4.69, 9.17) is 31.3 Å². The number of halogens is 2. The predicted octanol–water partition coefficient (Wildman–Crippen LogP) is 3.99. The minimum atomic E-state index is -0.347. The van der Waals surface area contributed by atoms with Gasteiger partial charge in [0.2, 0.25) is 0 Å². The van der Waals surface area contributed by atoms with Crippen molar-refractivity contribution in [1.29, 1.82) is 0 Å². The molecule has 0 fully saturated rings. The van der Waals surface area contributed by atoms with Crippen molar-refractivity contribution in [2.24, 2.45) is 5.73 Å². The molecule has 8 heteroatoms. The van der Waals surface area contributed by atoms with Crippen molar-refractivity contribution in [3.8, 4) is 0 Å². The minimum Gasteiger partial charge on any atom is -0.382 e. The third kappa shape index (κ3) is 9.87. The van der Waals surface area contributed by atoms with Crippen LogP contribution in [0.1, 0.15) is 16.7 Å². The fourth-order valence-corrected chi connectivity index (χ4v) is 2.26. The van der Waals surface area contributed by atoms with Crippen molar-refractivity contribution < 1.29 is 27.7 Å². The number of rotatable bonds is 11. The van der Waals surface area contributed by atoms with Crippen LogP contribution < -0.4 is 5.73 Å². The molecule has 6 nitrogen and oxygen atoms in total. The lowest BCUT2D eigenvalue weighted by Crippen LogP contribution is -2.04. The van der Waals surface area contributed by atoms with Crippen LogP contribution >= 0.6 is 0 Å². The number of hydrogen-bond acceptors (Lipinski definition) is 5. The van der Waals surface area contributed by atoms with Gasteiger partial charge in [-0.3, -0.25) is 0 Å². The lowest BCUT2D eigenvalue weighted by molar-refractivity contribution is 0.0604. The van der Waals surface area contributed by atoms with Crippen molar-refractivity contribution in [1.82, 2.24) is 0 Å². The van der Waals surface area contributed by atoms with Crippen LogP contribution in [-0.2, 0) is 38.7 Å². The molecule has 0 saturated carbocycles. The van der Waals surface area contributed by atoms with E-state index in [-0.39, 0.29) is 24.8 Å². The van der Waals surface area contributed by atoms with Crippen molar-refractivity contribution in [3.63, 3.8) is 0 Å². The Hall–Kier alpha value is -2.41. The fourth-order valence-electron chi connectivity index (χ4n) is 2.26. The normalized spacial score (nSPS) is 10.3. The maximum absolute atomic E-state index is 13.3. The molecule has 0 spiro atoms. The summed E-state index contributed by atoms with van der Waals surface area (Å²) in [5.74, 6) is -0.607. The van der Waals surface area contributed by atoms with Gasteiger partial charge in [0.25, 0.3) is 0 Å². The summed E-state index contributed by atoms with van der Waals surface area (Å²) in [6.07, 6.45) is 0. The molecular weight excluding hydrogens is 394 g/mol. The highest BCUT2D eigenvalue weighted by molar-refractivity contribution is 5.46. The van der Waals surface area contributed by atoms with Gasteiger partial charge in [-0.05, 0) is 29.8 Å². The molecular formula is C22H28F2N2O4. The first-order valence-electron chi connectivity index (χ1n) is 9.32. The van der Waals surface area contributed by atoms with Crippen LogP contribution in [0.4, 0.5) is 14.5 Å². The predicted molar refractivity (Wildman–Crippen MR) is 110 cm³/mol. The van der Waals surface area contributed by atoms with Gasteiger partial charge in [0, 0.05) is 31.9 Å². The van der Waals surface area contributed by atoms with Crippen LogP contribution in [0.15, 0.2) is 36.4 Å². The molecule has 0 heterocycles. The van der Waals surface area contributed by atoms with Crippen LogP contribution in [0.25, 0.3) is 4.85 Å². The van der Waals surface area contributed by atoms with E-state index < -0.39 is 0 Å². The number of benzene rings is 2. The highest BCUT2D eigenvalue weighted by atomic mass is 19.1. The third-order valence-electron chi connectivity index (χ3n) is 3.88. The summed E-state index contributed by atoms with van der Waals surface area (Å²) < 4.78 is 46.5. The Morgan fingerprint density at radius 2 is 1.37 bits per heavy atom. The van der Waals surface area contributed by atoms with Gasteiger partial charge in [-0.1, -0.05) is 12.1 Å². The van der Waals surface area contributed by atoms with Crippen LogP contribution in [0, 0.1) is 18.2 Å². The summed E-state index contributed by atoms with van der Waals surface area (Å²) in [6.45, 7) is 9.49. The molecule has 0 bridgehead atoms. The molecule has 0 saturated heterocycles. The number of ether oxygens (including phenoxy) is 4. The molecule has 0 atom stereocenters. The molecule has 2 aromatic carbocycles. The Morgan fingerprint density at radius 1 is 0.833 bits per heavy atom. The Morgan fingerprint density at radius 3 is 1.87 bits per heavy atom. The van der Waals surface area contributed by atoms with Gasteiger partial charge in [0.15, 0.2) is 5.69 Å². The van der Waals surface area contributed by atoms with E-state index in [1.165, 1.54) is 24.3 Å². The van der Waals surface area contributed by atoms with E-state index in [1.54, 1.807) is 26.4 Å². The molecule has 2 rings (SSSR count). The molecule has 0 aliphatic heterocycles. The maximum Gasteiger partial charge on any atom is 0.187 e. The van der Waals surface area contributed by atoms with Crippen LogP contribution in [0.3, 0.4) is 0 Å².